The minimum absolute atomic E-state index is 0.0531. The molecule has 0 saturated carbocycles. The zero-order valence-corrected chi connectivity index (χ0v) is 19.9. The van der Waals surface area contributed by atoms with Crippen LogP contribution < -0.4 is 9.47 Å². The molecule has 0 aromatic heterocycles. The van der Waals surface area contributed by atoms with Crippen molar-refractivity contribution in [3.05, 3.63) is 54.1 Å². The van der Waals surface area contributed by atoms with Gasteiger partial charge in [-0.1, -0.05) is 30.3 Å². The normalized spacial score (nSPS) is 21.9. The Bertz CT molecular complexity index is 1110. The van der Waals surface area contributed by atoms with Gasteiger partial charge in [-0.05, 0) is 42.9 Å². The number of sulfonamides is 1. The van der Waals surface area contributed by atoms with Crippen molar-refractivity contribution in [2.24, 2.45) is 5.92 Å². The molecule has 3 aliphatic heterocycles. The molecule has 1 unspecified atom stereocenters. The summed E-state index contributed by atoms with van der Waals surface area (Å²) >= 11 is 0. The highest BCUT2D eigenvalue weighted by Crippen LogP contribution is 2.36. The van der Waals surface area contributed by atoms with Gasteiger partial charge in [0, 0.05) is 32.2 Å². The van der Waals surface area contributed by atoms with E-state index < -0.39 is 16.1 Å². The van der Waals surface area contributed by atoms with Crippen LogP contribution >= 0.6 is 0 Å². The van der Waals surface area contributed by atoms with Gasteiger partial charge < -0.3 is 19.1 Å². The fourth-order valence-electron chi connectivity index (χ4n) is 4.77. The SMILES string of the molecule is O=C(C1COc2cc(S(=O)(=O)N3CCC(Cc4ccccc4)CC3)ccc2O1)N1CCOCC1. The van der Waals surface area contributed by atoms with Crippen LogP contribution in [0.2, 0.25) is 0 Å². The van der Waals surface area contributed by atoms with Gasteiger partial charge in [0.25, 0.3) is 5.91 Å². The molecule has 1 amide bonds. The molecule has 0 spiro atoms. The fraction of sp³-hybridized carbons (Fsp3) is 0.480. The first kappa shape index (κ1) is 23.1. The van der Waals surface area contributed by atoms with Crippen LogP contribution in [0, 0.1) is 5.92 Å². The molecule has 2 fully saturated rings. The fourth-order valence-corrected chi connectivity index (χ4v) is 6.26. The first-order valence-electron chi connectivity index (χ1n) is 11.8. The molecular weight excluding hydrogens is 456 g/mol. The summed E-state index contributed by atoms with van der Waals surface area (Å²) in [7, 11) is -3.63. The average molecular weight is 487 g/mol. The quantitative estimate of drug-likeness (QED) is 0.645. The van der Waals surface area contributed by atoms with Crippen molar-refractivity contribution in [1.82, 2.24) is 9.21 Å². The van der Waals surface area contributed by atoms with Gasteiger partial charge in [0.2, 0.25) is 16.1 Å². The number of hydrogen-bond acceptors (Lipinski definition) is 6. The number of piperidine rings is 1. The van der Waals surface area contributed by atoms with Gasteiger partial charge in [0.1, 0.15) is 6.61 Å². The Morgan fingerprint density at radius 3 is 2.41 bits per heavy atom. The predicted octanol–water partition coefficient (Wildman–Crippen LogP) is 2.33. The van der Waals surface area contributed by atoms with E-state index in [9.17, 15) is 13.2 Å². The predicted molar refractivity (Wildman–Crippen MR) is 125 cm³/mol. The van der Waals surface area contributed by atoms with Crippen LogP contribution in [0.5, 0.6) is 11.5 Å². The molecule has 2 aromatic carbocycles. The lowest BCUT2D eigenvalue weighted by Gasteiger charge is -2.33. The van der Waals surface area contributed by atoms with Crippen LogP contribution in [0.3, 0.4) is 0 Å². The van der Waals surface area contributed by atoms with Crippen LogP contribution in [0.15, 0.2) is 53.4 Å². The molecule has 0 bridgehead atoms. The van der Waals surface area contributed by atoms with Crippen LogP contribution in [0.25, 0.3) is 0 Å². The number of rotatable bonds is 5. The van der Waals surface area contributed by atoms with E-state index in [0.29, 0.717) is 56.8 Å². The number of hydrogen-bond donors (Lipinski definition) is 0. The molecule has 9 heteroatoms. The van der Waals surface area contributed by atoms with E-state index in [1.807, 2.05) is 18.2 Å². The zero-order chi connectivity index (χ0) is 23.5. The highest BCUT2D eigenvalue weighted by molar-refractivity contribution is 7.89. The summed E-state index contributed by atoms with van der Waals surface area (Å²) in [4.78, 5) is 14.6. The standard InChI is InChI=1S/C25H30N2O6S/c28-25(26-12-14-31-15-13-26)24-18-32-23-17-21(6-7-22(23)33-24)34(29,30)27-10-8-20(9-11-27)16-19-4-2-1-3-5-19/h1-7,17,20,24H,8-16,18H2. The Labute approximate surface area is 200 Å². The lowest BCUT2D eigenvalue weighted by molar-refractivity contribution is -0.145. The second-order valence-electron chi connectivity index (χ2n) is 9.00. The average Bonchev–Trinajstić information content (AvgIpc) is 2.89. The van der Waals surface area contributed by atoms with Crippen molar-refractivity contribution < 1.29 is 27.4 Å². The monoisotopic (exact) mass is 486 g/mol. The van der Waals surface area contributed by atoms with E-state index in [-0.39, 0.29) is 17.4 Å². The maximum atomic E-state index is 13.3. The molecule has 5 rings (SSSR count). The highest BCUT2D eigenvalue weighted by Gasteiger charge is 2.34. The third kappa shape index (κ3) is 4.92. The first-order valence-corrected chi connectivity index (χ1v) is 13.3. The van der Waals surface area contributed by atoms with Gasteiger partial charge >= 0.3 is 0 Å². The molecule has 3 heterocycles. The van der Waals surface area contributed by atoms with Gasteiger partial charge in [-0.2, -0.15) is 4.31 Å². The van der Waals surface area contributed by atoms with Gasteiger partial charge in [-0.15, -0.1) is 0 Å². The second kappa shape index (κ2) is 9.93. The van der Waals surface area contributed by atoms with Crippen LogP contribution in [0.4, 0.5) is 0 Å². The lowest BCUT2D eigenvalue weighted by Crippen LogP contribution is -2.50. The minimum atomic E-state index is -3.63. The molecule has 0 radical (unpaired) electrons. The van der Waals surface area contributed by atoms with Crippen molar-refractivity contribution in [1.29, 1.82) is 0 Å². The number of amides is 1. The first-order chi connectivity index (χ1) is 16.5. The van der Waals surface area contributed by atoms with Gasteiger partial charge in [0.15, 0.2) is 11.5 Å². The minimum Gasteiger partial charge on any atom is -0.485 e. The number of ether oxygens (including phenoxy) is 3. The van der Waals surface area contributed by atoms with Crippen molar-refractivity contribution >= 4 is 15.9 Å². The maximum Gasteiger partial charge on any atom is 0.267 e. The molecule has 3 aliphatic rings. The summed E-state index contributed by atoms with van der Waals surface area (Å²) in [5.74, 6) is 1.09. The third-order valence-corrected chi connectivity index (χ3v) is 8.65. The molecule has 0 N–H and O–H groups in total. The summed E-state index contributed by atoms with van der Waals surface area (Å²) in [6.45, 7) is 3.16. The van der Waals surface area contributed by atoms with Crippen molar-refractivity contribution in [2.45, 2.75) is 30.3 Å². The molecular formula is C25H30N2O6S. The van der Waals surface area contributed by atoms with Crippen molar-refractivity contribution in [3.63, 3.8) is 0 Å². The summed E-state index contributed by atoms with van der Waals surface area (Å²) in [5.41, 5.74) is 1.29. The number of benzene rings is 2. The molecule has 34 heavy (non-hydrogen) atoms. The number of carbonyl (C=O) groups excluding carboxylic acids is 1. The second-order valence-corrected chi connectivity index (χ2v) is 10.9. The summed E-state index contributed by atoms with van der Waals surface area (Å²) in [6.07, 6.45) is 1.91. The van der Waals surface area contributed by atoms with E-state index in [2.05, 4.69) is 12.1 Å². The van der Waals surface area contributed by atoms with Gasteiger partial charge in [-0.25, -0.2) is 8.42 Å². The third-order valence-electron chi connectivity index (χ3n) is 6.75. The Morgan fingerprint density at radius 2 is 1.68 bits per heavy atom. The summed E-state index contributed by atoms with van der Waals surface area (Å²) in [6, 6.07) is 15.0. The number of morpholine rings is 1. The molecule has 1 atom stereocenters. The summed E-state index contributed by atoms with van der Waals surface area (Å²) < 4.78 is 45.0. The van der Waals surface area contributed by atoms with Crippen molar-refractivity contribution in [2.75, 3.05) is 46.0 Å². The number of nitrogens with zero attached hydrogens (tertiary/aromatic N) is 2. The van der Waals surface area contributed by atoms with E-state index in [0.717, 1.165) is 19.3 Å². The topological polar surface area (TPSA) is 85.4 Å². The largest absolute Gasteiger partial charge is 0.485 e. The Kier molecular flexibility index (Phi) is 6.76. The van der Waals surface area contributed by atoms with Crippen LogP contribution in [-0.2, 0) is 26.0 Å². The zero-order valence-electron chi connectivity index (χ0n) is 19.1. The molecule has 0 aliphatic carbocycles. The van der Waals surface area contributed by atoms with Gasteiger partial charge in [-0.3, -0.25) is 4.79 Å². The van der Waals surface area contributed by atoms with E-state index >= 15 is 0 Å². The summed E-state index contributed by atoms with van der Waals surface area (Å²) in [5, 5.41) is 0. The van der Waals surface area contributed by atoms with Crippen LogP contribution in [0.1, 0.15) is 18.4 Å². The maximum absolute atomic E-state index is 13.3. The Morgan fingerprint density at radius 1 is 0.941 bits per heavy atom. The van der Waals surface area contributed by atoms with E-state index in [1.165, 1.54) is 17.7 Å². The Balaban J connectivity index is 1.21. The Hall–Kier alpha value is -2.62. The van der Waals surface area contributed by atoms with E-state index in [4.69, 9.17) is 14.2 Å². The lowest BCUT2D eigenvalue weighted by atomic mass is 9.91. The van der Waals surface area contributed by atoms with Gasteiger partial charge in [0.05, 0.1) is 18.1 Å². The molecule has 2 saturated heterocycles. The smallest absolute Gasteiger partial charge is 0.267 e. The molecule has 8 nitrogen and oxygen atoms in total. The number of fused-ring (bicyclic) bond motifs is 1. The highest BCUT2D eigenvalue weighted by atomic mass is 32.2. The molecule has 2 aromatic rings. The van der Waals surface area contributed by atoms with E-state index in [1.54, 1.807) is 15.3 Å². The van der Waals surface area contributed by atoms with Crippen molar-refractivity contribution in [3.8, 4) is 11.5 Å². The van der Waals surface area contributed by atoms with Crippen LogP contribution in [-0.4, -0.2) is 75.6 Å². The molecule has 182 valence electrons. The number of carbonyl (C=O) groups is 1.